The van der Waals surface area contributed by atoms with Crippen LogP contribution in [0, 0.1) is 0 Å². The minimum atomic E-state index is -2.80. The normalized spacial score (nSPS) is 16.6. The van der Waals surface area contributed by atoms with Crippen LogP contribution >= 0.6 is 34.2 Å². The number of hydrogen-bond donors (Lipinski definition) is 0. The molecule has 0 aliphatic carbocycles. The first-order chi connectivity index (χ1) is 9.67. The zero-order valence-electron chi connectivity index (χ0n) is 15.2. The van der Waals surface area contributed by atoms with Crippen LogP contribution in [0.1, 0.15) is 55.4 Å². The van der Waals surface area contributed by atoms with Gasteiger partial charge in [-0.3, -0.25) is 0 Å². The van der Waals surface area contributed by atoms with E-state index in [0.29, 0.717) is 0 Å². The van der Waals surface area contributed by atoms with E-state index in [1.165, 1.54) is 22.8 Å². The van der Waals surface area contributed by atoms with Crippen LogP contribution in [0.4, 0.5) is 0 Å². The molecule has 23 heavy (non-hydrogen) atoms. The van der Waals surface area contributed by atoms with Crippen molar-refractivity contribution in [1.82, 2.24) is 0 Å². The fourth-order valence-electron chi connectivity index (χ4n) is 1.08. The molecule has 0 rings (SSSR count). The van der Waals surface area contributed by atoms with Gasteiger partial charge in [-0.2, -0.15) is 0 Å². The van der Waals surface area contributed by atoms with Crippen molar-refractivity contribution in [2.45, 2.75) is 78.1 Å². The monoisotopic (exact) mass is 564 g/mol. The molecule has 0 aromatic carbocycles. The quantitative estimate of drug-likeness (QED) is 0.326. The number of hydrogen-bond acceptors (Lipinski definition) is 8. The van der Waals surface area contributed by atoms with Crippen molar-refractivity contribution in [3.8, 4) is 0 Å². The van der Waals surface area contributed by atoms with Crippen molar-refractivity contribution in [3.05, 3.63) is 0 Å². The summed E-state index contributed by atoms with van der Waals surface area (Å²) in [5.41, 5.74) is -5.61. The molecule has 0 amide bonds. The van der Waals surface area contributed by atoms with Crippen LogP contribution < -0.4 is 9.79 Å². The molecule has 0 fully saturated rings. The van der Waals surface area contributed by atoms with E-state index in [0.717, 1.165) is 0 Å². The molecular weight excluding hydrogens is 536 g/mol. The summed E-state index contributed by atoms with van der Waals surface area (Å²) in [7, 11) is 0. The first kappa shape index (κ1) is 31.1. The molecule has 136 valence electrons. The molecule has 0 aromatic heterocycles. The topological polar surface area (TPSA) is 64.6 Å². The zero-order valence-corrected chi connectivity index (χ0v) is 24.7. The minimum absolute atomic E-state index is 0. The Hall–Kier alpha value is 3.41. The maximum Gasteiger partial charge on any atom is 2.00 e. The molecule has 0 saturated carbocycles. The summed E-state index contributed by atoms with van der Waals surface area (Å²) < 4.78 is 10.2. The Balaban J connectivity index is -0.000000333. The van der Waals surface area contributed by atoms with E-state index in [1.54, 1.807) is 0 Å². The molecule has 0 aliphatic rings. The summed E-state index contributed by atoms with van der Waals surface area (Å²) in [6.07, 6.45) is -0.103. The Morgan fingerprint density at radius 3 is 1.04 bits per heavy atom. The summed E-state index contributed by atoms with van der Waals surface area (Å²) in [6, 6.07) is 0. The van der Waals surface area contributed by atoms with Gasteiger partial charge in [0.25, 0.3) is 0 Å². The van der Waals surface area contributed by atoms with Crippen molar-refractivity contribution in [1.29, 1.82) is 0 Å². The SMILES string of the molecule is CC(C)OP([O-])(=S)SC(C)C.CC(C)OP([O-])(=S)SC(C)C.[Ba+2]. The third-order valence-corrected chi connectivity index (χ3v) is 10.7. The molecule has 0 N–H and O–H groups in total. The van der Waals surface area contributed by atoms with Crippen LogP contribution in [-0.2, 0) is 32.7 Å². The Kier molecular flexibility index (Phi) is 20.8. The summed E-state index contributed by atoms with van der Waals surface area (Å²) >= 11 is 12.1. The van der Waals surface area contributed by atoms with Gasteiger partial charge in [0.1, 0.15) is 0 Å². The third kappa shape index (κ3) is 25.4. The fourth-order valence-corrected chi connectivity index (χ4v) is 11.8. The molecule has 0 aliphatic heterocycles. The smallest absolute Gasteiger partial charge is 0.793 e. The number of rotatable bonds is 8. The molecule has 0 heterocycles. The Bertz CT molecular complexity index is 331. The molecule has 4 nitrogen and oxygen atoms in total. The van der Waals surface area contributed by atoms with Crippen LogP contribution in [-0.4, -0.2) is 71.6 Å². The predicted molar refractivity (Wildman–Crippen MR) is 112 cm³/mol. The van der Waals surface area contributed by atoms with Gasteiger partial charge in [0.15, 0.2) is 0 Å². The van der Waals surface area contributed by atoms with E-state index < -0.39 is 11.4 Å². The van der Waals surface area contributed by atoms with E-state index in [9.17, 15) is 9.79 Å². The Morgan fingerprint density at radius 2 is 0.913 bits per heavy atom. The average molecular weight is 564 g/mol. The minimum Gasteiger partial charge on any atom is -0.793 e. The second-order valence-electron chi connectivity index (χ2n) is 5.51. The van der Waals surface area contributed by atoms with E-state index >= 15 is 0 Å². The van der Waals surface area contributed by atoms with Gasteiger partial charge in [0.2, 0.25) is 0 Å². The van der Waals surface area contributed by atoms with E-state index in [2.05, 4.69) is 0 Å². The summed E-state index contributed by atoms with van der Waals surface area (Å²) in [5.74, 6) is 0. The summed E-state index contributed by atoms with van der Waals surface area (Å²) in [6.45, 7) is 15.1. The Labute approximate surface area is 200 Å². The van der Waals surface area contributed by atoms with E-state index in [-0.39, 0.29) is 71.6 Å². The molecule has 0 spiro atoms. The van der Waals surface area contributed by atoms with Crippen molar-refractivity contribution < 1.29 is 18.8 Å². The summed E-state index contributed by atoms with van der Waals surface area (Å²) in [5, 5.41) is 0.522. The molecular formula is C12H28BaO4P2S4. The van der Waals surface area contributed by atoms with Gasteiger partial charge in [-0.05, 0) is 27.7 Å². The van der Waals surface area contributed by atoms with Gasteiger partial charge in [-0.15, -0.1) is 22.8 Å². The average Bonchev–Trinajstić information content (AvgIpc) is 2.06. The zero-order chi connectivity index (χ0) is 18.1. The van der Waals surface area contributed by atoms with Crippen LogP contribution in [0.2, 0.25) is 0 Å². The first-order valence-corrected chi connectivity index (χ1v) is 15.3. The first-order valence-electron chi connectivity index (χ1n) is 7.02. The predicted octanol–water partition coefficient (Wildman–Crippen LogP) is 3.89. The van der Waals surface area contributed by atoms with E-state index in [1.807, 2.05) is 55.4 Å². The fraction of sp³-hybridized carbons (Fsp3) is 1.00. The maximum absolute atomic E-state index is 11.4. The van der Waals surface area contributed by atoms with Crippen LogP contribution in [0.15, 0.2) is 0 Å². The Morgan fingerprint density at radius 1 is 0.696 bits per heavy atom. The second-order valence-corrected chi connectivity index (χ2v) is 18.4. The van der Waals surface area contributed by atoms with Crippen LogP contribution in [0.5, 0.6) is 0 Å². The maximum atomic E-state index is 11.4. The van der Waals surface area contributed by atoms with Crippen molar-refractivity contribution in [2.75, 3.05) is 0 Å². The van der Waals surface area contributed by atoms with Gasteiger partial charge in [0, 0.05) is 21.9 Å². The van der Waals surface area contributed by atoms with Crippen molar-refractivity contribution in [3.63, 3.8) is 0 Å². The van der Waals surface area contributed by atoms with Gasteiger partial charge < -0.3 is 18.8 Å². The molecule has 0 bridgehead atoms. The third-order valence-electron chi connectivity index (χ3n) is 1.36. The molecule has 0 radical (unpaired) electrons. The molecule has 11 heteroatoms. The van der Waals surface area contributed by atoms with Gasteiger partial charge in [-0.1, -0.05) is 51.3 Å². The molecule has 0 aromatic rings. The van der Waals surface area contributed by atoms with Gasteiger partial charge in [-0.25, -0.2) is 0 Å². The van der Waals surface area contributed by atoms with Crippen molar-refractivity contribution >= 4 is 107 Å². The second kappa shape index (κ2) is 15.3. The summed E-state index contributed by atoms with van der Waals surface area (Å²) in [4.78, 5) is 22.8. The van der Waals surface area contributed by atoms with Crippen molar-refractivity contribution in [2.24, 2.45) is 0 Å². The van der Waals surface area contributed by atoms with Gasteiger partial charge in [0.05, 0.1) is 12.2 Å². The van der Waals surface area contributed by atoms with E-state index in [4.69, 9.17) is 32.7 Å². The van der Waals surface area contributed by atoms with Crippen LogP contribution in [0.25, 0.3) is 0 Å². The van der Waals surface area contributed by atoms with Gasteiger partial charge >= 0.3 is 48.9 Å². The standard InChI is InChI=1S/2C6H15O2PS2.Ba/c2*1-5(2)8-9(7,10)11-6(3)4;/h2*5-6H,1-4H3,(H,7,10);/q;;+2/p-2. The molecule has 0 saturated heterocycles. The molecule has 2 atom stereocenters. The molecule has 2 unspecified atom stereocenters. The van der Waals surface area contributed by atoms with Crippen LogP contribution in [0.3, 0.4) is 0 Å². The largest absolute Gasteiger partial charge is 2.00 e.